The maximum Gasteiger partial charge on any atom is 0.284 e. The van der Waals surface area contributed by atoms with Crippen LogP contribution in [0.25, 0.3) is 11.3 Å². The lowest BCUT2D eigenvalue weighted by molar-refractivity contribution is 0.0929. The molecule has 0 aliphatic carbocycles. The number of rotatable bonds is 8. The first kappa shape index (κ1) is 27.6. The van der Waals surface area contributed by atoms with Crippen LogP contribution in [0.15, 0.2) is 47.3 Å². The highest BCUT2D eigenvalue weighted by Crippen LogP contribution is 2.35. The number of aromatic nitrogens is 6. The van der Waals surface area contributed by atoms with Crippen molar-refractivity contribution >= 4 is 17.4 Å². The molecule has 4 heterocycles. The lowest BCUT2D eigenvalue weighted by Crippen LogP contribution is -2.30. The van der Waals surface area contributed by atoms with Gasteiger partial charge in [0.05, 0.1) is 23.7 Å². The highest BCUT2D eigenvalue weighted by Gasteiger charge is 2.29. The summed E-state index contributed by atoms with van der Waals surface area (Å²) >= 11 is 0. The molecule has 0 bridgehead atoms. The van der Waals surface area contributed by atoms with Crippen LogP contribution in [0, 0.1) is 0 Å². The Morgan fingerprint density at radius 2 is 2.08 bits per heavy atom. The first-order valence-electron chi connectivity index (χ1n) is 13.5. The molecule has 2 N–H and O–H groups in total. The van der Waals surface area contributed by atoms with E-state index in [1.807, 2.05) is 46.1 Å². The van der Waals surface area contributed by atoms with Gasteiger partial charge < -0.3 is 14.8 Å². The highest BCUT2D eigenvalue weighted by atomic mass is 16.4. The number of nitrogens with one attached hydrogen (secondary N) is 1. The van der Waals surface area contributed by atoms with E-state index in [-0.39, 0.29) is 29.4 Å². The minimum Gasteiger partial charge on any atom is -0.418 e. The summed E-state index contributed by atoms with van der Waals surface area (Å²) in [6.45, 7) is 9.69. The number of aryl methyl sites for hydroxylation is 1. The molecule has 0 spiro atoms. The number of carbonyl (C=O) groups excluding carboxylic acids is 1. The van der Waals surface area contributed by atoms with Gasteiger partial charge in [-0.3, -0.25) is 14.4 Å². The summed E-state index contributed by atoms with van der Waals surface area (Å²) in [5, 5.41) is 25.6. The Labute approximate surface area is 233 Å². The van der Waals surface area contributed by atoms with Gasteiger partial charge in [0.2, 0.25) is 17.6 Å². The highest BCUT2D eigenvalue weighted by molar-refractivity contribution is 5.92. The number of hydrogen-bond acceptors (Lipinski definition) is 10. The number of hydrogen-bond donors (Lipinski definition) is 2. The molecule has 1 unspecified atom stereocenters. The normalized spacial score (nSPS) is 16.8. The summed E-state index contributed by atoms with van der Waals surface area (Å²) in [6, 6.07) is 8.15. The van der Waals surface area contributed by atoms with E-state index in [4.69, 9.17) is 9.40 Å². The number of fused-ring (bicyclic) bond motifs is 1. The second-order valence-corrected chi connectivity index (χ2v) is 11.6. The van der Waals surface area contributed by atoms with Crippen molar-refractivity contribution in [2.45, 2.75) is 64.5 Å². The molecule has 0 saturated heterocycles. The SMILES string of the molecule is C[C@H](O)CN1CCC(CC(=O)c2nnc(C(C)(C)C)o2)c2ccc(-c3ccnc(Nc4cnn(C)c4)n3)cc2C1. The van der Waals surface area contributed by atoms with Crippen LogP contribution >= 0.6 is 0 Å². The molecule has 0 fully saturated rings. The first-order valence-corrected chi connectivity index (χ1v) is 13.5. The Bertz CT molecular complexity index is 1490. The average Bonchev–Trinajstić information content (AvgIpc) is 3.52. The van der Waals surface area contributed by atoms with E-state index in [0.29, 0.717) is 24.9 Å². The topological polar surface area (TPSA) is 135 Å². The summed E-state index contributed by atoms with van der Waals surface area (Å²) in [7, 11) is 1.85. The van der Waals surface area contributed by atoms with Crippen LogP contribution in [0.4, 0.5) is 11.6 Å². The number of aliphatic hydroxyl groups excluding tert-OH is 1. The molecule has 210 valence electrons. The maximum absolute atomic E-state index is 13.2. The summed E-state index contributed by atoms with van der Waals surface area (Å²) < 4.78 is 7.44. The molecule has 2 atom stereocenters. The summed E-state index contributed by atoms with van der Waals surface area (Å²) in [5.41, 5.74) is 4.43. The van der Waals surface area contributed by atoms with Gasteiger partial charge in [0.1, 0.15) is 0 Å². The summed E-state index contributed by atoms with van der Waals surface area (Å²) in [6.07, 6.45) is 5.89. The fourth-order valence-corrected chi connectivity index (χ4v) is 5.00. The minimum absolute atomic E-state index is 0.0197. The Balaban J connectivity index is 1.42. The van der Waals surface area contributed by atoms with Crippen molar-refractivity contribution < 1.29 is 14.3 Å². The number of anilines is 2. The van der Waals surface area contributed by atoms with E-state index in [2.05, 4.69) is 42.6 Å². The van der Waals surface area contributed by atoms with E-state index in [1.54, 1.807) is 24.0 Å². The summed E-state index contributed by atoms with van der Waals surface area (Å²) in [5.74, 6) is 0.811. The van der Waals surface area contributed by atoms with Crippen molar-refractivity contribution in [2.75, 3.05) is 18.4 Å². The standard InChI is InChI=1S/C29H36N8O3/c1-18(38)15-37-11-9-19(13-25(39)26-34-35-27(40-26)29(2,3)4)23-7-6-20(12-21(23)16-37)24-8-10-30-28(33-24)32-22-14-31-36(5)17-22/h6-8,10,12,14,17-19,38H,9,11,13,15-16H2,1-5H3,(H,30,32,33)/t18-,19?/m0/s1. The third-order valence-corrected chi connectivity index (χ3v) is 6.94. The van der Waals surface area contributed by atoms with Gasteiger partial charge >= 0.3 is 0 Å². The fraction of sp³-hybridized carbons (Fsp3) is 0.448. The van der Waals surface area contributed by atoms with Gasteiger partial charge in [0, 0.05) is 49.9 Å². The molecule has 1 aliphatic rings. The molecule has 0 amide bonds. The van der Waals surface area contributed by atoms with Gasteiger partial charge in [-0.1, -0.05) is 32.9 Å². The van der Waals surface area contributed by atoms with Gasteiger partial charge in [0.25, 0.3) is 5.89 Å². The second-order valence-electron chi connectivity index (χ2n) is 11.6. The molecule has 0 saturated carbocycles. The van der Waals surface area contributed by atoms with Gasteiger partial charge in [0.15, 0.2) is 0 Å². The molecular weight excluding hydrogens is 508 g/mol. The zero-order valence-electron chi connectivity index (χ0n) is 23.6. The van der Waals surface area contributed by atoms with E-state index in [9.17, 15) is 9.90 Å². The van der Waals surface area contributed by atoms with Crippen molar-refractivity contribution in [1.82, 2.24) is 34.8 Å². The molecule has 1 aromatic carbocycles. The number of Topliss-reactive ketones (excluding diaryl/α,β-unsaturated/α-hetero) is 1. The van der Waals surface area contributed by atoms with Gasteiger partial charge in [-0.2, -0.15) is 5.10 Å². The Kier molecular flexibility index (Phi) is 7.77. The van der Waals surface area contributed by atoms with E-state index < -0.39 is 6.10 Å². The second kappa shape index (κ2) is 11.3. The quantitative estimate of drug-likeness (QED) is 0.310. The molecule has 0 radical (unpaired) electrons. The van der Waals surface area contributed by atoms with Crippen molar-refractivity contribution in [3.63, 3.8) is 0 Å². The molecule has 11 heteroatoms. The molecule has 4 aromatic rings. The smallest absolute Gasteiger partial charge is 0.284 e. The number of aliphatic hydroxyl groups is 1. The van der Waals surface area contributed by atoms with Crippen molar-refractivity contribution in [2.24, 2.45) is 7.05 Å². The largest absolute Gasteiger partial charge is 0.418 e. The zero-order valence-corrected chi connectivity index (χ0v) is 23.6. The molecule has 1 aliphatic heterocycles. The number of carbonyl (C=O) groups is 1. The van der Waals surface area contributed by atoms with Gasteiger partial charge in [-0.05, 0) is 49.1 Å². The number of benzene rings is 1. The predicted octanol–water partition coefficient (Wildman–Crippen LogP) is 4.24. The third-order valence-electron chi connectivity index (χ3n) is 6.94. The Morgan fingerprint density at radius 1 is 1.25 bits per heavy atom. The average molecular weight is 545 g/mol. The first-order chi connectivity index (χ1) is 19.0. The van der Waals surface area contributed by atoms with Crippen LogP contribution in [-0.2, 0) is 19.0 Å². The lowest BCUT2D eigenvalue weighted by Gasteiger charge is -2.22. The van der Waals surface area contributed by atoms with Crippen molar-refractivity contribution in [1.29, 1.82) is 0 Å². The summed E-state index contributed by atoms with van der Waals surface area (Å²) in [4.78, 5) is 24.5. The van der Waals surface area contributed by atoms with E-state index in [0.717, 1.165) is 41.0 Å². The van der Waals surface area contributed by atoms with Crippen LogP contribution in [0.5, 0.6) is 0 Å². The molecular formula is C29H36N8O3. The molecule has 11 nitrogen and oxygen atoms in total. The van der Waals surface area contributed by atoms with Gasteiger partial charge in [-0.15, -0.1) is 10.2 Å². The molecule has 5 rings (SSSR count). The van der Waals surface area contributed by atoms with Crippen molar-refractivity contribution in [3.05, 3.63) is 65.8 Å². The van der Waals surface area contributed by atoms with Crippen LogP contribution in [0.1, 0.15) is 74.2 Å². The monoisotopic (exact) mass is 544 g/mol. The predicted molar refractivity (Wildman–Crippen MR) is 150 cm³/mol. The Hall–Kier alpha value is -3.96. The van der Waals surface area contributed by atoms with Crippen LogP contribution < -0.4 is 5.32 Å². The molecule has 3 aromatic heterocycles. The van der Waals surface area contributed by atoms with E-state index >= 15 is 0 Å². The fourth-order valence-electron chi connectivity index (χ4n) is 5.00. The Morgan fingerprint density at radius 3 is 2.77 bits per heavy atom. The van der Waals surface area contributed by atoms with Crippen LogP contribution in [0.2, 0.25) is 0 Å². The van der Waals surface area contributed by atoms with Gasteiger partial charge in [-0.25, -0.2) is 9.97 Å². The number of ketones is 1. The van der Waals surface area contributed by atoms with Crippen LogP contribution in [0.3, 0.4) is 0 Å². The van der Waals surface area contributed by atoms with E-state index in [1.165, 1.54) is 0 Å². The number of nitrogens with zero attached hydrogens (tertiary/aromatic N) is 7. The lowest BCUT2D eigenvalue weighted by atomic mass is 9.87. The molecule has 40 heavy (non-hydrogen) atoms. The minimum atomic E-state index is -0.456. The maximum atomic E-state index is 13.2. The van der Waals surface area contributed by atoms with Crippen LogP contribution in [-0.4, -0.2) is 64.9 Å². The van der Waals surface area contributed by atoms with Crippen molar-refractivity contribution in [3.8, 4) is 11.3 Å². The number of β-amino-alcohol motifs (C(OH)–C–C–N with tert-alkyl or cyclic N) is 1. The third kappa shape index (κ3) is 6.43. The zero-order chi connectivity index (χ0) is 28.4.